The fraction of sp³-hybridized carbons (Fsp3) is 0.364. The van der Waals surface area contributed by atoms with Crippen LogP contribution in [0.3, 0.4) is 0 Å². The van der Waals surface area contributed by atoms with Gasteiger partial charge in [-0.2, -0.15) is 4.31 Å². The highest BCUT2D eigenvalue weighted by Crippen LogP contribution is 2.31. The number of oxazole rings is 1. The van der Waals surface area contributed by atoms with Crippen molar-refractivity contribution in [2.75, 3.05) is 27.3 Å². The van der Waals surface area contributed by atoms with E-state index in [2.05, 4.69) is 26.1 Å². The molecule has 16 heteroatoms. The van der Waals surface area contributed by atoms with Gasteiger partial charge >= 0.3 is 0 Å². The summed E-state index contributed by atoms with van der Waals surface area (Å²) in [4.78, 5) is 44.4. The van der Waals surface area contributed by atoms with Gasteiger partial charge in [0.1, 0.15) is 34.7 Å². The molecule has 49 heavy (non-hydrogen) atoms. The molecule has 0 saturated heterocycles. The summed E-state index contributed by atoms with van der Waals surface area (Å²) in [7, 11) is -1.58. The van der Waals surface area contributed by atoms with E-state index in [1.165, 1.54) is 38.7 Å². The van der Waals surface area contributed by atoms with Crippen molar-refractivity contribution in [3.63, 3.8) is 0 Å². The lowest BCUT2D eigenvalue weighted by Crippen LogP contribution is -2.49. The molecular formula is C33H38N6O9S. The van der Waals surface area contributed by atoms with Gasteiger partial charge in [0.05, 0.1) is 20.8 Å². The number of nitrogens with one attached hydrogen (secondary N) is 3. The third-order valence-electron chi connectivity index (χ3n) is 7.74. The molecule has 4 aromatic rings. The van der Waals surface area contributed by atoms with E-state index >= 15 is 0 Å². The predicted molar refractivity (Wildman–Crippen MR) is 174 cm³/mol. The second-order valence-electron chi connectivity index (χ2n) is 11.8. The zero-order chi connectivity index (χ0) is 35.1. The van der Waals surface area contributed by atoms with Crippen LogP contribution in [0.15, 0.2) is 74.7 Å². The van der Waals surface area contributed by atoms with Gasteiger partial charge < -0.3 is 34.4 Å². The maximum absolute atomic E-state index is 14.1. The van der Waals surface area contributed by atoms with E-state index in [1.54, 1.807) is 6.07 Å². The SMILES string of the molecule is COc1ccc(OC)c(S(=O)(=O)N2CCNC(=O)[C@H](Cc3ccccc3)NC(=O)c3coc(n3)[C@@H](CC(C)C)NC(=O)c3cc(on3)C2)c1. The molecule has 2 aromatic heterocycles. The second kappa shape index (κ2) is 15.3. The highest BCUT2D eigenvalue weighted by molar-refractivity contribution is 7.89. The summed E-state index contributed by atoms with van der Waals surface area (Å²) in [6.07, 6.45) is 1.71. The summed E-state index contributed by atoms with van der Waals surface area (Å²) in [5.41, 5.74) is 0.585. The van der Waals surface area contributed by atoms with Crippen molar-refractivity contribution < 1.29 is 41.2 Å². The Bertz CT molecular complexity index is 1890. The largest absolute Gasteiger partial charge is 0.497 e. The van der Waals surface area contributed by atoms with Crippen LogP contribution in [0.4, 0.5) is 0 Å². The van der Waals surface area contributed by atoms with Crippen LogP contribution >= 0.6 is 0 Å². The van der Waals surface area contributed by atoms with Gasteiger partial charge in [0, 0.05) is 31.6 Å². The number of hydrogen-bond donors (Lipinski definition) is 3. The molecule has 4 bridgehead atoms. The Kier molecular flexibility index (Phi) is 11.0. The molecule has 2 atom stereocenters. The van der Waals surface area contributed by atoms with Crippen LogP contribution in [0.5, 0.6) is 11.5 Å². The summed E-state index contributed by atoms with van der Waals surface area (Å²) < 4.78 is 51.0. The summed E-state index contributed by atoms with van der Waals surface area (Å²) in [6, 6.07) is 13.0. The maximum Gasteiger partial charge on any atom is 0.274 e. The van der Waals surface area contributed by atoms with E-state index in [9.17, 15) is 22.8 Å². The van der Waals surface area contributed by atoms with E-state index in [4.69, 9.17) is 18.4 Å². The summed E-state index contributed by atoms with van der Waals surface area (Å²) in [5, 5.41) is 12.2. The molecule has 1 aliphatic rings. The summed E-state index contributed by atoms with van der Waals surface area (Å²) >= 11 is 0. The lowest BCUT2D eigenvalue weighted by molar-refractivity contribution is -0.123. The Labute approximate surface area is 283 Å². The maximum atomic E-state index is 14.1. The first-order valence-electron chi connectivity index (χ1n) is 15.5. The minimum Gasteiger partial charge on any atom is -0.497 e. The molecule has 3 N–H and O–H groups in total. The molecule has 3 amide bonds. The first-order chi connectivity index (χ1) is 23.5. The Balaban J connectivity index is 1.53. The Morgan fingerprint density at radius 2 is 1.69 bits per heavy atom. The molecule has 0 aliphatic carbocycles. The van der Waals surface area contributed by atoms with Crippen LogP contribution in [0.1, 0.15) is 64.5 Å². The lowest BCUT2D eigenvalue weighted by atomic mass is 10.0. The van der Waals surface area contributed by atoms with Crippen molar-refractivity contribution in [2.24, 2.45) is 5.92 Å². The molecule has 2 aromatic carbocycles. The number of hydrogen-bond acceptors (Lipinski definition) is 11. The lowest BCUT2D eigenvalue weighted by Gasteiger charge is -2.24. The minimum atomic E-state index is -4.33. The molecule has 15 nitrogen and oxygen atoms in total. The van der Waals surface area contributed by atoms with Gasteiger partial charge in [0.25, 0.3) is 11.8 Å². The number of nitrogens with zero attached hydrogens (tertiary/aromatic N) is 3. The topological polar surface area (TPSA) is 195 Å². The highest BCUT2D eigenvalue weighted by Gasteiger charge is 2.32. The zero-order valence-corrected chi connectivity index (χ0v) is 28.3. The average molecular weight is 695 g/mol. The number of carbonyl (C=O) groups is 3. The van der Waals surface area contributed by atoms with Crippen LogP contribution in [-0.2, 0) is 27.8 Å². The molecule has 260 valence electrons. The fourth-order valence-corrected chi connectivity index (χ4v) is 6.85. The molecular weight excluding hydrogens is 656 g/mol. The summed E-state index contributed by atoms with van der Waals surface area (Å²) in [5.74, 6) is -1.25. The molecule has 0 unspecified atom stereocenters. The Morgan fingerprint density at radius 3 is 2.41 bits per heavy atom. The third kappa shape index (κ3) is 8.45. The normalized spacial score (nSPS) is 18.2. The van der Waals surface area contributed by atoms with E-state index in [-0.39, 0.29) is 71.4 Å². The van der Waals surface area contributed by atoms with Crippen molar-refractivity contribution in [2.45, 2.75) is 50.2 Å². The van der Waals surface area contributed by atoms with Crippen LogP contribution < -0.4 is 25.4 Å². The van der Waals surface area contributed by atoms with Gasteiger partial charge in [0.15, 0.2) is 17.1 Å². The van der Waals surface area contributed by atoms with Crippen LogP contribution in [0.2, 0.25) is 0 Å². The van der Waals surface area contributed by atoms with Crippen molar-refractivity contribution in [1.29, 1.82) is 0 Å². The number of ether oxygens (including phenoxy) is 2. The second-order valence-corrected chi connectivity index (χ2v) is 13.7. The molecule has 0 radical (unpaired) electrons. The molecule has 0 spiro atoms. The van der Waals surface area contributed by atoms with Gasteiger partial charge in [0.2, 0.25) is 21.8 Å². The van der Waals surface area contributed by atoms with E-state index in [1.807, 2.05) is 44.2 Å². The van der Waals surface area contributed by atoms with Crippen LogP contribution in [-0.4, -0.2) is 73.9 Å². The standard InChI is InChI=1S/C33H38N6O9S/c1-20(2)14-26-33-37-27(19-47-33)32(42)35-24(15-21-8-6-5-7-9-21)30(40)34-12-13-39(18-23-16-25(38-48-23)31(41)36-26)49(43,44)29-17-22(45-3)10-11-28(29)46-4/h5-11,16-17,19-20,24,26H,12-15,18H2,1-4H3,(H,34,40)(H,35,42)(H,36,41)/t24-,26+/m0/s1. The van der Waals surface area contributed by atoms with Gasteiger partial charge in [-0.1, -0.05) is 49.3 Å². The quantitative estimate of drug-likeness (QED) is 0.245. The Morgan fingerprint density at radius 1 is 0.959 bits per heavy atom. The number of amides is 3. The fourth-order valence-electron chi connectivity index (χ4n) is 5.27. The molecule has 5 rings (SSSR count). The number of rotatable bonds is 8. The zero-order valence-electron chi connectivity index (χ0n) is 27.5. The van der Waals surface area contributed by atoms with Gasteiger partial charge in [-0.25, -0.2) is 13.4 Å². The highest BCUT2D eigenvalue weighted by atomic mass is 32.2. The number of carbonyl (C=O) groups excluding carboxylic acids is 3. The number of sulfonamides is 1. The Hall–Kier alpha value is -5.22. The van der Waals surface area contributed by atoms with Crippen LogP contribution in [0.25, 0.3) is 0 Å². The number of methoxy groups -OCH3 is 2. The molecule has 0 saturated carbocycles. The third-order valence-corrected chi connectivity index (χ3v) is 9.61. The molecule has 1 aliphatic heterocycles. The number of fused-ring (bicyclic) bond motifs is 4. The number of aromatic nitrogens is 2. The summed E-state index contributed by atoms with van der Waals surface area (Å²) in [6.45, 7) is 3.16. The minimum absolute atomic E-state index is 0.0658. The van der Waals surface area contributed by atoms with Crippen molar-refractivity contribution >= 4 is 27.7 Å². The van der Waals surface area contributed by atoms with Crippen LogP contribution in [0, 0.1) is 5.92 Å². The first kappa shape index (κ1) is 35.1. The van der Waals surface area contributed by atoms with Crippen molar-refractivity contribution in [3.8, 4) is 11.5 Å². The van der Waals surface area contributed by atoms with Gasteiger partial charge in [-0.3, -0.25) is 14.4 Å². The molecule has 0 fully saturated rings. The van der Waals surface area contributed by atoms with Crippen molar-refractivity contribution in [1.82, 2.24) is 30.4 Å². The van der Waals surface area contributed by atoms with Gasteiger partial charge in [-0.05, 0) is 30.0 Å². The molecule has 3 heterocycles. The average Bonchev–Trinajstić information content (AvgIpc) is 3.77. The van der Waals surface area contributed by atoms with Crippen molar-refractivity contribution in [3.05, 3.63) is 89.5 Å². The number of benzene rings is 2. The first-order valence-corrected chi connectivity index (χ1v) is 17.0. The monoisotopic (exact) mass is 694 g/mol. The smallest absolute Gasteiger partial charge is 0.274 e. The van der Waals surface area contributed by atoms with Gasteiger partial charge in [-0.15, -0.1) is 0 Å². The van der Waals surface area contributed by atoms with E-state index < -0.39 is 39.8 Å². The predicted octanol–water partition coefficient (Wildman–Crippen LogP) is 2.86. The van der Waals surface area contributed by atoms with E-state index in [0.717, 1.165) is 9.87 Å². The van der Waals surface area contributed by atoms with E-state index in [0.29, 0.717) is 6.42 Å².